The van der Waals surface area contributed by atoms with Gasteiger partial charge in [0.1, 0.15) is 11.7 Å². The molecule has 1 fully saturated rings. The number of rotatable bonds is 5. The van der Waals surface area contributed by atoms with Crippen molar-refractivity contribution >= 4 is 11.7 Å². The van der Waals surface area contributed by atoms with E-state index < -0.39 is 11.3 Å². The zero-order valence-corrected chi connectivity index (χ0v) is 14.7. The molecule has 1 saturated heterocycles. The predicted molar refractivity (Wildman–Crippen MR) is 90.3 cm³/mol. The van der Waals surface area contributed by atoms with Crippen molar-refractivity contribution in [1.82, 2.24) is 20.1 Å². The number of carbonyl (C=O) groups excluding carboxylic acids is 2. The summed E-state index contributed by atoms with van der Waals surface area (Å²) in [5.41, 5.74) is -0.0848. The molecule has 1 atom stereocenters. The Bertz CT molecular complexity index is 770. The van der Waals surface area contributed by atoms with E-state index in [0.717, 1.165) is 6.42 Å². The molecule has 0 N–H and O–H groups in total. The first-order valence-electron chi connectivity index (χ1n) is 8.54. The minimum absolute atomic E-state index is 0.315. The van der Waals surface area contributed by atoms with Crippen molar-refractivity contribution in [2.24, 2.45) is 5.41 Å². The van der Waals surface area contributed by atoms with Gasteiger partial charge in [-0.1, -0.05) is 26.8 Å². The molecule has 0 spiro atoms. The van der Waals surface area contributed by atoms with Crippen LogP contribution >= 0.6 is 0 Å². The van der Waals surface area contributed by atoms with E-state index in [1.807, 2.05) is 13.0 Å². The molecule has 0 bridgehead atoms. The molecule has 3 rings (SSSR count). The lowest BCUT2D eigenvalue weighted by Crippen LogP contribution is -2.42. The summed E-state index contributed by atoms with van der Waals surface area (Å²) in [5.74, 6) is -0.165. The summed E-state index contributed by atoms with van der Waals surface area (Å²) in [6, 6.07) is 5.07. The largest absolute Gasteiger partial charge is 0.417 e. The summed E-state index contributed by atoms with van der Waals surface area (Å²) >= 11 is 0. The van der Waals surface area contributed by atoms with E-state index >= 15 is 0 Å². The number of ketones is 1. The van der Waals surface area contributed by atoms with Gasteiger partial charge in [0.05, 0.1) is 0 Å². The van der Waals surface area contributed by atoms with Gasteiger partial charge in [0, 0.05) is 18.2 Å². The van der Waals surface area contributed by atoms with E-state index in [1.54, 1.807) is 37.1 Å². The van der Waals surface area contributed by atoms with Crippen LogP contribution in [0.1, 0.15) is 52.0 Å². The van der Waals surface area contributed by atoms with Crippen LogP contribution in [0.3, 0.4) is 0 Å². The molecule has 0 unspecified atom stereocenters. The molecule has 25 heavy (non-hydrogen) atoms. The van der Waals surface area contributed by atoms with E-state index in [1.165, 1.54) is 0 Å². The van der Waals surface area contributed by atoms with Gasteiger partial charge >= 0.3 is 0 Å². The summed E-state index contributed by atoms with van der Waals surface area (Å²) in [4.78, 5) is 31.0. The maximum Gasteiger partial charge on any atom is 0.291 e. The number of pyridine rings is 1. The Morgan fingerprint density at radius 1 is 1.32 bits per heavy atom. The molecule has 0 radical (unpaired) electrons. The topological polar surface area (TPSA) is 89.2 Å². The van der Waals surface area contributed by atoms with Crippen molar-refractivity contribution in [3.63, 3.8) is 0 Å². The molecule has 2 aromatic rings. The zero-order valence-electron chi connectivity index (χ0n) is 14.7. The molecular weight excluding hydrogens is 320 g/mol. The average molecular weight is 342 g/mol. The van der Waals surface area contributed by atoms with Gasteiger partial charge in [0.2, 0.25) is 11.7 Å². The van der Waals surface area contributed by atoms with E-state index in [-0.39, 0.29) is 11.8 Å². The first-order chi connectivity index (χ1) is 11.9. The number of likely N-dealkylation sites (tertiary alicyclic amines) is 1. The number of nitrogens with zero attached hydrogens (tertiary/aromatic N) is 4. The van der Waals surface area contributed by atoms with Crippen molar-refractivity contribution in [3.05, 3.63) is 30.3 Å². The maximum absolute atomic E-state index is 12.7. The summed E-state index contributed by atoms with van der Waals surface area (Å²) in [6.07, 6.45) is 3.77. The molecule has 7 nitrogen and oxygen atoms in total. The van der Waals surface area contributed by atoms with Crippen LogP contribution in [0.5, 0.6) is 0 Å². The van der Waals surface area contributed by atoms with E-state index in [4.69, 9.17) is 4.42 Å². The average Bonchev–Trinajstić information content (AvgIpc) is 3.30. The number of hydrogen-bond donors (Lipinski definition) is 0. The summed E-state index contributed by atoms with van der Waals surface area (Å²) in [6.45, 7) is 6.02. The monoisotopic (exact) mass is 342 g/mol. The molecular formula is C18H22N4O3. The highest BCUT2D eigenvalue weighted by Gasteiger charge is 2.41. The third kappa shape index (κ3) is 3.31. The van der Waals surface area contributed by atoms with Crippen LogP contribution in [0, 0.1) is 5.41 Å². The van der Waals surface area contributed by atoms with Crippen LogP contribution in [-0.4, -0.2) is 38.3 Å². The highest BCUT2D eigenvalue weighted by atomic mass is 16.4. The lowest BCUT2D eigenvalue weighted by atomic mass is 9.84. The van der Waals surface area contributed by atoms with E-state index in [0.29, 0.717) is 36.9 Å². The lowest BCUT2D eigenvalue weighted by Gasteiger charge is -2.26. The molecule has 1 aliphatic rings. The summed E-state index contributed by atoms with van der Waals surface area (Å²) in [5, 5.41) is 8.12. The van der Waals surface area contributed by atoms with Gasteiger partial charge in [-0.25, -0.2) is 0 Å². The molecule has 0 saturated carbocycles. The Morgan fingerprint density at radius 3 is 2.80 bits per heavy atom. The van der Waals surface area contributed by atoms with Crippen LogP contribution in [0.2, 0.25) is 0 Å². The van der Waals surface area contributed by atoms with Gasteiger partial charge < -0.3 is 9.32 Å². The number of hydrogen-bond acceptors (Lipinski definition) is 6. The van der Waals surface area contributed by atoms with Crippen molar-refractivity contribution in [2.75, 3.05) is 6.54 Å². The Hall–Kier alpha value is -2.57. The molecule has 3 heterocycles. The molecule has 1 aliphatic heterocycles. The second-order valence-corrected chi connectivity index (χ2v) is 6.88. The molecule has 0 aliphatic carbocycles. The van der Waals surface area contributed by atoms with Crippen molar-refractivity contribution in [2.45, 2.75) is 46.1 Å². The fourth-order valence-corrected chi connectivity index (χ4v) is 2.81. The third-order valence-electron chi connectivity index (χ3n) is 4.82. The summed E-state index contributed by atoms with van der Waals surface area (Å²) in [7, 11) is 0. The third-order valence-corrected chi connectivity index (χ3v) is 4.82. The SMILES string of the molecule is CCC(C)(C)C(=O)C(=O)N1CCC[C@H]1c1nnc(-c2ccccn2)o1. The van der Waals surface area contributed by atoms with Crippen molar-refractivity contribution in [1.29, 1.82) is 0 Å². The molecule has 2 aromatic heterocycles. The van der Waals surface area contributed by atoms with E-state index in [2.05, 4.69) is 15.2 Å². The summed E-state index contributed by atoms with van der Waals surface area (Å²) < 4.78 is 5.74. The van der Waals surface area contributed by atoms with Crippen LogP contribution in [-0.2, 0) is 9.59 Å². The van der Waals surface area contributed by atoms with Crippen LogP contribution in [0.15, 0.2) is 28.8 Å². The van der Waals surface area contributed by atoms with Crippen LogP contribution in [0.4, 0.5) is 0 Å². The number of carbonyl (C=O) groups is 2. The van der Waals surface area contributed by atoms with Crippen molar-refractivity contribution in [3.8, 4) is 11.6 Å². The first-order valence-corrected chi connectivity index (χ1v) is 8.54. The number of amides is 1. The standard InChI is InChI=1S/C18H22N4O3/c1-4-18(2,3)14(23)17(24)22-11-7-9-13(22)16-21-20-15(25-16)12-8-5-6-10-19-12/h5-6,8,10,13H,4,7,9,11H2,1-3H3/t13-/m0/s1. The maximum atomic E-state index is 12.7. The molecule has 132 valence electrons. The predicted octanol–water partition coefficient (Wildman–Crippen LogP) is 2.80. The van der Waals surface area contributed by atoms with Crippen LogP contribution < -0.4 is 0 Å². The Labute approximate surface area is 146 Å². The van der Waals surface area contributed by atoms with Crippen molar-refractivity contribution < 1.29 is 14.0 Å². The van der Waals surface area contributed by atoms with Crippen LogP contribution in [0.25, 0.3) is 11.6 Å². The number of Topliss-reactive ketones (excluding diaryl/α,β-unsaturated/α-hetero) is 1. The minimum atomic E-state index is -0.668. The van der Waals surface area contributed by atoms with Gasteiger partial charge in [-0.3, -0.25) is 14.6 Å². The lowest BCUT2D eigenvalue weighted by molar-refractivity contribution is -0.150. The highest BCUT2D eigenvalue weighted by molar-refractivity contribution is 6.38. The zero-order chi connectivity index (χ0) is 18.0. The fourth-order valence-electron chi connectivity index (χ4n) is 2.81. The van der Waals surface area contributed by atoms with Gasteiger partial charge in [-0.05, 0) is 31.4 Å². The Balaban J connectivity index is 1.82. The van der Waals surface area contributed by atoms with Gasteiger partial charge in [0.25, 0.3) is 11.8 Å². The quantitative estimate of drug-likeness (QED) is 0.776. The van der Waals surface area contributed by atoms with Gasteiger partial charge in [0.15, 0.2) is 0 Å². The molecule has 7 heteroatoms. The smallest absolute Gasteiger partial charge is 0.291 e. The molecule has 1 amide bonds. The van der Waals surface area contributed by atoms with Gasteiger partial charge in [-0.15, -0.1) is 10.2 Å². The van der Waals surface area contributed by atoms with Gasteiger partial charge in [-0.2, -0.15) is 0 Å². The second-order valence-electron chi connectivity index (χ2n) is 6.88. The normalized spacial score (nSPS) is 17.7. The highest BCUT2D eigenvalue weighted by Crippen LogP contribution is 2.34. The first kappa shape index (κ1) is 17.3. The van der Waals surface area contributed by atoms with E-state index in [9.17, 15) is 9.59 Å². The Morgan fingerprint density at radius 2 is 2.12 bits per heavy atom. The number of aromatic nitrogens is 3. The molecule has 0 aromatic carbocycles. The fraction of sp³-hybridized carbons (Fsp3) is 0.500. The second kappa shape index (κ2) is 6.74. The Kier molecular flexibility index (Phi) is 4.65. The minimum Gasteiger partial charge on any atom is -0.417 e.